The van der Waals surface area contributed by atoms with E-state index >= 15 is 0 Å². The van der Waals surface area contributed by atoms with Gasteiger partial charge in [-0.25, -0.2) is 0 Å². The second-order valence-corrected chi connectivity index (χ2v) is 4.31. The fourth-order valence-corrected chi connectivity index (χ4v) is 1.91. The number of methoxy groups -OCH3 is 1. The molecule has 0 fully saturated rings. The highest BCUT2D eigenvalue weighted by atomic mass is 16.6. The van der Waals surface area contributed by atoms with E-state index in [1.54, 1.807) is 31.4 Å². The van der Waals surface area contributed by atoms with Crippen molar-refractivity contribution in [3.63, 3.8) is 0 Å². The minimum absolute atomic E-state index is 0.122. The van der Waals surface area contributed by atoms with Crippen LogP contribution < -0.4 is 15.8 Å². The quantitative estimate of drug-likeness (QED) is 0.507. The van der Waals surface area contributed by atoms with Crippen molar-refractivity contribution in [3.05, 3.63) is 52.1 Å². The monoisotopic (exact) mass is 273 g/mol. The van der Waals surface area contributed by atoms with E-state index in [9.17, 15) is 10.1 Å². The Morgan fingerprint density at radius 2 is 2.00 bits per heavy atom. The van der Waals surface area contributed by atoms with Gasteiger partial charge in [0, 0.05) is 5.69 Å². The van der Waals surface area contributed by atoms with Crippen molar-refractivity contribution in [2.75, 3.05) is 18.2 Å². The van der Waals surface area contributed by atoms with Gasteiger partial charge < -0.3 is 15.8 Å². The van der Waals surface area contributed by atoms with Crippen LogP contribution in [0.3, 0.4) is 0 Å². The number of aryl methyl sites for hydroxylation is 1. The highest BCUT2D eigenvalue weighted by Crippen LogP contribution is 2.34. The van der Waals surface area contributed by atoms with Crippen LogP contribution in [-0.2, 0) is 0 Å². The SMILES string of the molecule is COc1ccc(Nc2cccc(N)c2[N+](=O)[O-])c(C)c1. The number of nitrogens with zero attached hydrogens (tertiary/aromatic N) is 1. The molecule has 20 heavy (non-hydrogen) atoms. The molecule has 0 spiro atoms. The van der Waals surface area contributed by atoms with E-state index in [0.717, 1.165) is 17.0 Å². The van der Waals surface area contributed by atoms with E-state index in [1.807, 2.05) is 13.0 Å². The van der Waals surface area contributed by atoms with Crippen LogP contribution in [0.2, 0.25) is 0 Å². The molecule has 0 saturated carbocycles. The molecule has 0 amide bonds. The smallest absolute Gasteiger partial charge is 0.315 e. The molecule has 2 rings (SSSR count). The summed E-state index contributed by atoms with van der Waals surface area (Å²) in [6.07, 6.45) is 0. The van der Waals surface area contributed by atoms with Crippen LogP contribution in [0.15, 0.2) is 36.4 Å². The number of nitro benzene ring substituents is 1. The summed E-state index contributed by atoms with van der Waals surface area (Å²) in [5.41, 5.74) is 7.71. The molecular formula is C14H15N3O3. The van der Waals surface area contributed by atoms with Crippen LogP contribution in [-0.4, -0.2) is 12.0 Å². The first-order valence-corrected chi connectivity index (χ1v) is 5.97. The predicted molar refractivity (Wildman–Crippen MR) is 78.5 cm³/mol. The zero-order chi connectivity index (χ0) is 14.7. The summed E-state index contributed by atoms with van der Waals surface area (Å²) in [5, 5.41) is 14.1. The van der Waals surface area contributed by atoms with Gasteiger partial charge in [-0.3, -0.25) is 10.1 Å². The minimum Gasteiger partial charge on any atom is -0.497 e. The molecule has 2 aromatic carbocycles. The lowest BCUT2D eigenvalue weighted by Crippen LogP contribution is -2.01. The maximum atomic E-state index is 11.1. The first-order chi connectivity index (χ1) is 9.52. The van der Waals surface area contributed by atoms with Crippen molar-refractivity contribution < 1.29 is 9.66 Å². The molecule has 0 heterocycles. The number of nitrogens with one attached hydrogen (secondary N) is 1. The van der Waals surface area contributed by atoms with Gasteiger partial charge in [0.05, 0.1) is 12.0 Å². The normalized spacial score (nSPS) is 10.1. The molecule has 104 valence electrons. The highest BCUT2D eigenvalue weighted by Gasteiger charge is 2.18. The number of hydrogen-bond donors (Lipinski definition) is 2. The summed E-state index contributed by atoms with van der Waals surface area (Å²) < 4.78 is 5.13. The fourth-order valence-electron chi connectivity index (χ4n) is 1.91. The van der Waals surface area contributed by atoms with Crippen LogP contribution in [0.1, 0.15) is 5.56 Å². The lowest BCUT2D eigenvalue weighted by Gasteiger charge is -2.12. The van der Waals surface area contributed by atoms with Crippen molar-refractivity contribution in [3.8, 4) is 5.75 Å². The molecule has 0 aliphatic heterocycles. The number of benzene rings is 2. The molecule has 0 radical (unpaired) electrons. The van der Waals surface area contributed by atoms with E-state index in [2.05, 4.69) is 5.32 Å². The number of nitrogens with two attached hydrogens (primary N) is 1. The molecule has 0 aliphatic rings. The molecular weight excluding hydrogens is 258 g/mol. The number of hydrogen-bond acceptors (Lipinski definition) is 5. The van der Waals surface area contributed by atoms with Crippen molar-refractivity contribution in [2.24, 2.45) is 0 Å². The third-order valence-electron chi connectivity index (χ3n) is 2.95. The molecule has 0 saturated heterocycles. The average molecular weight is 273 g/mol. The predicted octanol–water partition coefficient (Wildman–Crippen LogP) is 3.24. The molecule has 2 aromatic rings. The average Bonchev–Trinajstić information content (AvgIpc) is 2.40. The largest absolute Gasteiger partial charge is 0.497 e. The Kier molecular flexibility index (Phi) is 3.74. The lowest BCUT2D eigenvalue weighted by molar-refractivity contribution is -0.383. The van der Waals surface area contributed by atoms with Crippen molar-refractivity contribution in [2.45, 2.75) is 6.92 Å². The highest BCUT2D eigenvalue weighted by molar-refractivity contribution is 5.79. The minimum atomic E-state index is -0.490. The van der Waals surface area contributed by atoms with Crippen molar-refractivity contribution in [1.82, 2.24) is 0 Å². The van der Waals surface area contributed by atoms with Gasteiger partial charge in [-0.15, -0.1) is 0 Å². The third kappa shape index (κ3) is 2.64. The first-order valence-electron chi connectivity index (χ1n) is 5.97. The number of nitrogen functional groups attached to an aromatic ring is 1. The molecule has 0 aliphatic carbocycles. The van der Waals surface area contributed by atoms with Gasteiger partial charge in [-0.05, 0) is 42.8 Å². The summed E-state index contributed by atoms with van der Waals surface area (Å²) in [6, 6.07) is 10.2. The number of anilines is 3. The Labute approximate surface area is 116 Å². The first kappa shape index (κ1) is 13.7. The molecule has 0 unspecified atom stereocenters. The third-order valence-corrected chi connectivity index (χ3v) is 2.95. The van der Waals surface area contributed by atoms with Crippen LogP contribution in [0.5, 0.6) is 5.75 Å². The van der Waals surface area contributed by atoms with Gasteiger partial charge in [0.1, 0.15) is 17.1 Å². The Hall–Kier alpha value is -2.76. The Morgan fingerprint density at radius 1 is 1.25 bits per heavy atom. The second kappa shape index (κ2) is 5.48. The summed E-state index contributed by atoms with van der Waals surface area (Å²) >= 11 is 0. The Bertz CT molecular complexity index is 656. The Balaban J connectivity index is 2.40. The van der Waals surface area contributed by atoms with Gasteiger partial charge in [0.25, 0.3) is 0 Å². The second-order valence-electron chi connectivity index (χ2n) is 4.31. The van der Waals surface area contributed by atoms with Crippen LogP contribution in [0.4, 0.5) is 22.7 Å². The number of ether oxygens (including phenoxy) is 1. The van der Waals surface area contributed by atoms with Gasteiger partial charge in [-0.1, -0.05) is 6.07 Å². The van der Waals surface area contributed by atoms with Crippen molar-refractivity contribution in [1.29, 1.82) is 0 Å². The van der Waals surface area contributed by atoms with Gasteiger partial charge in [-0.2, -0.15) is 0 Å². The van der Waals surface area contributed by atoms with Gasteiger partial charge >= 0.3 is 5.69 Å². The van der Waals surface area contributed by atoms with E-state index in [4.69, 9.17) is 10.5 Å². The summed E-state index contributed by atoms with van der Waals surface area (Å²) in [6.45, 7) is 1.89. The van der Waals surface area contributed by atoms with E-state index in [-0.39, 0.29) is 11.4 Å². The molecule has 0 bridgehead atoms. The van der Waals surface area contributed by atoms with E-state index in [1.165, 1.54) is 6.07 Å². The fraction of sp³-hybridized carbons (Fsp3) is 0.143. The molecule has 0 atom stereocenters. The summed E-state index contributed by atoms with van der Waals surface area (Å²) in [7, 11) is 1.59. The van der Waals surface area contributed by atoms with Crippen molar-refractivity contribution >= 4 is 22.7 Å². The maximum Gasteiger partial charge on any atom is 0.315 e. The van der Waals surface area contributed by atoms with Gasteiger partial charge in [0.15, 0.2) is 0 Å². The summed E-state index contributed by atoms with van der Waals surface area (Å²) in [5.74, 6) is 0.732. The summed E-state index contributed by atoms with van der Waals surface area (Å²) in [4.78, 5) is 10.6. The molecule has 6 nitrogen and oxygen atoms in total. The van der Waals surface area contributed by atoms with Crippen LogP contribution >= 0.6 is 0 Å². The number of para-hydroxylation sites is 1. The van der Waals surface area contributed by atoms with Gasteiger partial charge in [0.2, 0.25) is 0 Å². The topological polar surface area (TPSA) is 90.4 Å². The number of rotatable bonds is 4. The van der Waals surface area contributed by atoms with E-state index in [0.29, 0.717) is 5.69 Å². The maximum absolute atomic E-state index is 11.1. The van der Waals surface area contributed by atoms with E-state index < -0.39 is 4.92 Å². The zero-order valence-electron chi connectivity index (χ0n) is 11.2. The van der Waals surface area contributed by atoms with Crippen LogP contribution in [0, 0.1) is 17.0 Å². The number of nitro groups is 1. The zero-order valence-corrected chi connectivity index (χ0v) is 11.2. The molecule has 3 N–H and O–H groups in total. The lowest BCUT2D eigenvalue weighted by atomic mass is 10.1. The van der Waals surface area contributed by atoms with Crippen LogP contribution in [0.25, 0.3) is 0 Å². The molecule has 6 heteroatoms. The standard InChI is InChI=1S/C14H15N3O3/c1-9-8-10(20-2)6-7-12(9)16-13-5-3-4-11(15)14(13)17(18)19/h3-8,16H,15H2,1-2H3. The Morgan fingerprint density at radius 3 is 2.60 bits per heavy atom. The molecule has 0 aromatic heterocycles.